The van der Waals surface area contributed by atoms with Crippen LogP contribution in [0.5, 0.6) is 0 Å². The Kier molecular flexibility index (Phi) is 5.47. The van der Waals surface area contributed by atoms with E-state index in [1.165, 1.54) is 0 Å². The predicted molar refractivity (Wildman–Crippen MR) is 104 cm³/mol. The second-order valence-electron chi connectivity index (χ2n) is 8.40. The van der Waals surface area contributed by atoms with Gasteiger partial charge in [0.25, 0.3) is 5.91 Å². The summed E-state index contributed by atoms with van der Waals surface area (Å²) >= 11 is 0. The fraction of sp³-hybridized carbons (Fsp3) is 0.476. The molecule has 1 fully saturated rings. The molecule has 1 atom stereocenters. The van der Waals surface area contributed by atoms with Gasteiger partial charge in [-0.3, -0.25) is 4.79 Å². The monoisotopic (exact) mass is 389 g/mol. The van der Waals surface area contributed by atoms with Crippen molar-refractivity contribution in [3.63, 3.8) is 0 Å². The van der Waals surface area contributed by atoms with Gasteiger partial charge in [-0.05, 0) is 48.9 Å². The summed E-state index contributed by atoms with van der Waals surface area (Å²) < 4.78 is 30.6. The molecule has 2 heterocycles. The Morgan fingerprint density at radius 1 is 1.15 bits per heavy atom. The molecule has 2 aromatic rings. The van der Waals surface area contributed by atoms with Crippen LogP contribution in [0.15, 0.2) is 51.8 Å². The average Bonchev–Trinajstić information content (AvgIpc) is 3.23. The van der Waals surface area contributed by atoms with E-state index < -0.39 is 9.84 Å². The molecule has 5 nitrogen and oxygen atoms in total. The summed E-state index contributed by atoms with van der Waals surface area (Å²) in [7, 11) is -3.50. The van der Waals surface area contributed by atoms with Crippen molar-refractivity contribution in [2.75, 3.05) is 6.54 Å². The molecule has 1 aliphatic heterocycles. The number of benzene rings is 1. The van der Waals surface area contributed by atoms with E-state index in [-0.39, 0.29) is 39.5 Å². The van der Waals surface area contributed by atoms with E-state index in [0.717, 1.165) is 25.8 Å². The quantitative estimate of drug-likeness (QED) is 0.765. The summed E-state index contributed by atoms with van der Waals surface area (Å²) in [6.07, 6.45) is 2.93. The van der Waals surface area contributed by atoms with Crippen molar-refractivity contribution >= 4 is 15.7 Å². The van der Waals surface area contributed by atoms with Gasteiger partial charge in [0.15, 0.2) is 15.6 Å². The van der Waals surface area contributed by atoms with Crippen molar-refractivity contribution in [2.24, 2.45) is 5.41 Å². The maximum atomic E-state index is 12.9. The van der Waals surface area contributed by atoms with Crippen LogP contribution >= 0.6 is 0 Å². The first-order valence-corrected chi connectivity index (χ1v) is 11.0. The number of sulfone groups is 1. The Morgan fingerprint density at radius 2 is 1.85 bits per heavy atom. The Balaban J connectivity index is 1.73. The molecule has 0 spiro atoms. The van der Waals surface area contributed by atoms with E-state index in [1.54, 1.807) is 42.5 Å². The number of hydrogen-bond acceptors (Lipinski definition) is 4. The molecule has 1 aromatic heterocycles. The van der Waals surface area contributed by atoms with Crippen LogP contribution in [0.4, 0.5) is 0 Å². The number of hydrogen-bond donors (Lipinski definition) is 0. The van der Waals surface area contributed by atoms with Crippen LogP contribution in [0, 0.1) is 5.41 Å². The van der Waals surface area contributed by atoms with E-state index in [0.29, 0.717) is 0 Å². The first-order valence-electron chi connectivity index (χ1n) is 9.33. The van der Waals surface area contributed by atoms with E-state index in [1.807, 2.05) is 4.90 Å². The van der Waals surface area contributed by atoms with Crippen molar-refractivity contribution < 1.29 is 17.6 Å². The largest absolute Gasteiger partial charge is 0.455 e. The fourth-order valence-electron chi connectivity index (χ4n) is 3.63. The third kappa shape index (κ3) is 4.80. The zero-order chi connectivity index (χ0) is 19.7. The van der Waals surface area contributed by atoms with Gasteiger partial charge in [-0.1, -0.05) is 39.0 Å². The van der Waals surface area contributed by atoms with Crippen molar-refractivity contribution in [3.05, 3.63) is 54.0 Å². The Bertz CT molecular complexity index is 894. The topological polar surface area (TPSA) is 67.6 Å². The number of likely N-dealkylation sites (tertiary alicyclic amines) is 1. The van der Waals surface area contributed by atoms with Gasteiger partial charge in [-0.15, -0.1) is 0 Å². The molecule has 1 amide bonds. The summed E-state index contributed by atoms with van der Waals surface area (Å²) in [6, 6.07) is 11.6. The highest BCUT2D eigenvalue weighted by Crippen LogP contribution is 2.31. The summed E-state index contributed by atoms with van der Waals surface area (Å²) in [5.41, 5.74) is 0.144. The van der Waals surface area contributed by atoms with Gasteiger partial charge < -0.3 is 9.32 Å². The second kappa shape index (κ2) is 7.50. The Labute approximate surface area is 161 Å². The molecule has 146 valence electrons. The van der Waals surface area contributed by atoms with Crippen molar-refractivity contribution in [2.45, 2.75) is 56.7 Å². The van der Waals surface area contributed by atoms with Crippen molar-refractivity contribution in [3.8, 4) is 0 Å². The second-order valence-corrected chi connectivity index (χ2v) is 10.4. The van der Waals surface area contributed by atoms with Gasteiger partial charge in [0.05, 0.1) is 4.90 Å². The van der Waals surface area contributed by atoms with Gasteiger partial charge in [0.2, 0.25) is 0 Å². The minimum absolute atomic E-state index is 0.144. The highest BCUT2D eigenvalue weighted by molar-refractivity contribution is 7.90. The lowest BCUT2D eigenvalue weighted by Crippen LogP contribution is -2.37. The predicted octanol–water partition coefficient (Wildman–Crippen LogP) is 4.29. The van der Waals surface area contributed by atoms with Gasteiger partial charge in [-0.25, -0.2) is 8.42 Å². The Morgan fingerprint density at radius 3 is 2.52 bits per heavy atom. The zero-order valence-corrected chi connectivity index (χ0v) is 17.0. The van der Waals surface area contributed by atoms with Crippen LogP contribution in [0.3, 0.4) is 0 Å². The smallest absolute Gasteiger partial charge is 0.289 e. The highest BCUT2D eigenvalue weighted by Gasteiger charge is 2.33. The van der Waals surface area contributed by atoms with Crippen LogP contribution in [-0.4, -0.2) is 31.8 Å². The molecule has 1 unspecified atom stereocenters. The summed E-state index contributed by atoms with van der Waals surface area (Å²) in [5.74, 6) is 0.100. The molecular weight excluding hydrogens is 362 g/mol. The standard InChI is InChI=1S/C21H27NO4S/c1-21(2,3)14-16-8-7-13-22(16)20(23)19-12-11-17(26-19)15-27(24,25)18-9-5-4-6-10-18/h4-6,9-12,16H,7-8,13-15H2,1-3H3. The molecule has 0 N–H and O–H groups in total. The highest BCUT2D eigenvalue weighted by atomic mass is 32.2. The summed E-state index contributed by atoms with van der Waals surface area (Å²) in [6.45, 7) is 7.24. The normalized spacial score (nSPS) is 18.0. The lowest BCUT2D eigenvalue weighted by Gasteiger charge is -2.29. The summed E-state index contributed by atoms with van der Waals surface area (Å²) in [5, 5.41) is 0. The maximum Gasteiger partial charge on any atom is 0.289 e. The van der Waals surface area contributed by atoms with E-state index in [4.69, 9.17) is 4.42 Å². The average molecular weight is 390 g/mol. The lowest BCUT2D eigenvalue weighted by molar-refractivity contribution is 0.0670. The molecular formula is C21H27NO4S. The van der Waals surface area contributed by atoms with Crippen molar-refractivity contribution in [1.82, 2.24) is 4.90 Å². The number of carbonyl (C=O) groups excluding carboxylic acids is 1. The SMILES string of the molecule is CC(C)(C)CC1CCCN1C(=O)c1ccc(CS(=O)(=O)c2ccccc2)o1. The maximum absolute atomic E-state index is 12.9. The number of furan rings is 1. The first kappa shape index (κ1) is 19.7. The van der Waals surface area contributed by atoms with Gasteiger partial charge in [0, 0.05) is 12.6 Å². The molecule has 3 rings (SSSR count). The fourth-order valence-corrected chi connectivity index (χ4v) is 4.90. The summed E-state index contributed by atoms with van der Waals surface area (Å²) in [4.78, 5) is 15.0. The van der Waals surface area contributed by atoms with Crippen LogP contribution < -0.4 is 0 Å². The number of carbonyl (C=O) groups is 1. The molecule has 1 saturated heterocycles. The van der Waals surface area contributed by atoms with Gasteiger partial charge in [0.1, 0.15) is 11.5 Å². The lowest BCUT2D eigenvalue weighted by atomic mass is 9.87. The van der Waals surface area contributed by atoms with E-state index in [2.05, 4.69) is 20.8 Å². The molecule has 6 heteroatoms. The van der Waals surface area contributed by atoms with Gasteiger partial charge in [-0.2, -0.15) is 0 Å². The number of rotatable bonds is 5. The molecule has 1 aliphatic rings. The van der Waals surface area contributed by atoms with Crippen LogP contribution in [0.2, 0.25) is 0 Å². The minimum atomic E-state index is -3.50. The molecule has 0 aliphatic carbocycles. The van der Waals surface area contributed by atoms with Crippen LogP contribution in [-0.2, 0) is 15.6 Å². The number of amides is 1. The third-order valence-corrected chi connectivity index (χ3v) is 6.45. The van der Waals surface area contributed by atoms with Crippen molar-refractivity contribution in [1.29, 1.82) is 0 Å². The van der Waals surface area contributed by atoms with Crippen LogP contribution in [0.25, 0.3) is 0 Å². The van der Waals surface area contributed by atoms with Crippen LogP contribution in [0.1, 0.15) is 56.3 Å². The molecule has 27 heavy (non-hydrogen) atoms. The number of nitrogens with zero attached hydrogens (tertiary/aromatic N) is 1. The van der Waals surface area contributed by atoms with E-state index >= 15 is 0 Å². The Hall–Kier alpha value is -2.08. The minimum Gasteiger partial charge on any atom is -0.455 e. The van der Waals surface area contributed by atoms with E-state index in [9.17, 15) is 13.2 Å². The molecule has 1 aromatic carbocycles. The molecule has 0 bridgehead atoms. The molecule has 0 radical (unpaired) electrons. The first-order chi connectivity index (χ1) is 12.7. The zero-order valence-electron chi connectivity index (χ0n) is 16.1. The molecule has 0 saturated carbocycles. The third-order valence-electron chi connectivity index (χ3n) is 4.79. The van der Waals surface area contributed by atoms with Gasteiger partial charge >= 0.3 is 0 Å².